The van der Waals surface area contributed by atoms with Gasteiger partial charge in [-0.1, -0.05) is 25.4 Å². The van der Waals surface area contributed by atoms with Crippen LogP contribution in [-0.2, 0) is 0 Å². The largest absolute Gasteiger partial charge is 0.389 e. The SMILES string of the molecule is CC(C)C(C)(O)CN1CCN(c2ccc(Cl)cc2)CC1. The predicted octanol–water partition coefficient (Wildman–Crippen LogP) is 2.87. The molecular weight excluding hydrogens is 272 g/mol. The van der Waals surface area contributed by atoms with Gasteiger partial charge in [0.1, 0.15) is 0 Å². The Hall–Kier alpha value is -0.770. The van der Waals surface area contributed by atoms with Crippen molar-refractivity contribution in [1.82, 2.24) is 4.90 Å². The van der Waals surface area contributed by atoms with Gasteiger partial charge in [0.05, 0.1) is 5.60 Å². The van der Waals surface area contributed by atoms with Crippen LogP contribution in [-0.4, -0.2) is 48.3 Å². The van der Waals surface area contributed by atoms with Gasteiger partial charge in [-0.25, -0.2) is 0 Å². The third kappa shape index (κ3) is 3.87. The van der Waals surface area contributed by atoms with Crippen molar-refractivity contribution in [3.8, 4) is 0 Å². The van der Waals surface area contributed by atoms with Crippen LogP contribution in [0.1, 0.15) is 20.8 Å². The summed E-state index contributed by atoms with van der Waals surface area (Å²) in [6, 6.07) is 8.02. The first-order valence-corrected chi connectivity index (χ1v) is 7.71. The zero-order chi connectivity index (χ0) is 14.8. The Morgan fingerprint density at radius 2 is 1.70 bits per heavy atom. The minimum Gasteiger partial charge on any atom is -0.389 e. The fourth-order valence-corrected chi connectivity index (χ4v) is 2.58. The molecule has 20 heavy (non-hydrogen) atoms. The number of aliphatic hydroxyl groups is 1. The van der Waals surface area contributed by atoms with Gasteiger partial charge in [0.2, 0.25) is 0 Å². The van der Waals surface area contributed by atoms with Gasteiger partial charge < -0.3 is 10.0 Å². The average Bonchev–Trinajstić information content (AvgIpc) is 2.40. The van der Waals surface area contributed by atoms with Gasteiger partial charge >= 0.3 is 0 Å². The third-order valence-corrected chi connectivity index (χ3v) is 4.60. The van der Waals surface area contributed by atoms with Crippen molar-refractivity contribution in [2.24, 2.45) is 5.92 Å². The zero-order valence-corrected chi connectivity index (χ0v) is 13.4. The molecule has 1 fully saturated rings. The number of anilines is 1. The molecule has 1 heterocycles. The van der Waals surface area contributed by atoms with Gasteiger partial charge in [0.15, 0.2) is 0 Å². The van der Waals surface area contributed by atoms with E-state index in [1.54, 1.807) is 0 Å². The highest BCUT2D eigenvalue weighted by atomic mass is 35.5. The van der Waals surface area contributed by atoms with Crippen LogP contribution in [0.3, 0.4) is 0 Å². The van der Waals surface area contributed by atoms with Crippen LogP contribution in [0.4, 0.5) is 5.69 Å². The average molecular weight is 297 g/mol. The van der Waals surface area contributed by atoms with E-state index in [1.165, 1.54) is 5.69 Å². The molecular formula is C16H25ClN2O. The molecule has 0 spiro atoms. The second kappa shape index (κ2) is 6.33. The van der Waals surface area contributed by atoms with E-state index >= 15 is 0 Å². The van der Waals surface area contributed by atoms with E-state index in [2.05, 4.69) is 35.8 Å². The van der Waals surface area contributed by atoms with Gasteiger partial charge in [-0.15, -0.1) is 0 Å². The summed E-state index contributed by atoms with van der Waals surface area (Å²) < 4.78 is 0. The van der Waals surface area contributed by atoms with E-state index in [0.29, 0.717) is 0 Å². The smallest absolute Gasteiger partial charge is 0.0768 e. The maximum Gasteiger partial charge on any atom is 0.0768 e. The number of hydrogen-bond acceptors (Lipinski definition) is 3. The molecule has 1 atom stereocenters. The molecule has 0 aliphatic carbocycles. The first-order valence-electron chi connectivity index (χ1n) is 7.34. The highest BCUT2D eigenvalue weighted by Crippen LogP contribution is 2.22. The molecule has 0 amide bonds. The molecule has 1 unspecified atom stereocenters. The fourth-order valence-electron chi connectivity index (χ4n) is 2.45. The standard InChI is InChI=1S/C16H25ClN2O/c1-13(2)16(3,20)12-18-8-10-19(11-9-18)15-6-4-14(17)5-7-15/h4-7,13,20H,8-12H2,1-3H3. The summed E-state index contributed by atoms with van der Waals surface area (Å²) in [5.41, 5.74) is 0.618. The fraction of sp³-hybridized carbons (Fsp3) is 0.625. The Bertz CT molecular complexity index is 423. The van der Waals surface area contributed by atoms with Crippen LogP contribution >= 0.6 is 11.6 Å². The summed E-state index contributed by atoms with van der Waals surface area (Å²) in [4.78, 5) is 4.73. The lowest BCUT2D eigenvalue weighted by molar-refractivity contribution is -0.0198. The Labute approximate surface area is 127 Å². The highest BCUT2D eigenvalue weighted by molar-refractivity contribution is 6.30. The molecule has 0 bridgehead atoms. The molecule has 3 nitrogen and oxygen atoms in total. The Balaban J connectivity index is 1.88. The molecule has 1 saturated heterocycles. The minimum absolute atomic E-state index is 0.275. The van der Waals surface area contributed by atoms with Gasteiger partial charge in [-0.2, -0.15) is 0 Å². The van der Waals surface area contributed by atoms with Crippen LogP contribution in [0.25, 0.3) is 0 Å². The molecule has 1 aromatic carbocycles. The number of benzene rings is 1. The summed E-state index contributed by atoms with van der Waals surface area (Å²) >= 11 is 5.92. The quantitative estimate of drug-likeness (QED) is 0.925. The number of hydrogen-bond donors (Lipinski definition) is 1. The van der Waals surface area contributed by atoms with Crippen molar-refractivity contribution in [1.29, 1.82) is 0 Å². The molecule has 0 aromatic heterocycles. The van der Waals surface area contributed by atoms with Crippen molar-refractivity contribution >= 4 is 17.3 Å². The van der Waals surface area contributed by atoms with Crippen molar-refractivity contribution in [2.45, 2.75) is 26.4 Å². The number of halogens is 1. The summed E-state index contributed by atoms with van der Waals surface area (Å²) in [6.07, 6.45) is 0. The van der Waals surface area contributed by atoms with Gasteiger partial charge in [-0.3, -0.25) is 4.90 Å². The molecule has 2 rings (SSSR count). The number of nitrogens with zero attached hydrogens (tertiary/aromatic N) is 2. The van der Waals surface area contributed by atoms with Crippen LogP contribution in [0.2, 0.25) is 5.02 Å². The van der Waals surface area contributed by atoms with Gasteiger partial charge in [-0.05, 0) is 37.1 Å². The van der Waals surface area contributed by atoms with Crippen LogP contribution in [0.15, 0.2) is 24.3 Å². The van der Waals surface area contributed by atoms with E-state index in [4.69, 9.17) is 11.6 Å². The highest BCUT2D eigenvalue weighted by Gasteiger charge is 2.29. The lowest BCUT2D eigenvalue weighted by Gasteiger charge is -2.40. The van der Waals surface area contributed by atoms with E-state index in [1.807, 2.05) is 19.1 Å². The second-order valence-electron chi connectivity index (χ2n) is 6.25. The number of β-amino-alcohol motifs (C(OH)–C–C–N with tert-alkyl or cyclic N) is 1. The second-order valence-corrected chi connectivity index (χ2v) is 6.69. The molecule has 1 aliphatic heterocycles. The van der Waals surface area contributed by atoms with Crippen molar-refractivity contribution in [3.63, 3.8) is 0 Å². The molecule has 4 heteroatoms. The zero-order valence-electron chi connectivity index (χ0n) is 12.6. The van der Waals surface area contributed by atoms with E-state index in [9.17, 15) is 5.11 Å². The molecule has 1 aliphatic rings. The lowest BCUT2D eigenvalue weighted by Crippen LogP contribution is -2.52. The first-order chi connectivity index (χ1) is 9.38. The van der Waals surface area contributed by atoms with Crippen LogP contribution in [0, 0.1) is 5.92 Å². The minimum atomic E-state index is -0.609. The van der Waals surface area contributed by atoms with Crippen molar-refractivity contribution in [3.05, 3.63) is 29.3 Å². The third-order valence-electron chi connectivity index (χ3n) is 4.35. The van der Waals surface area contributed by atoms with Crippen LogP contribution < -0.4 is 4.90 Å². The number of piperazine rings is 1. The van der Waals surface area contributed by atoms with E-state index in [-0.39, 0.29) is 5.92 Å². The molecule has 112 valence electrons. The maximum absolute atomic E-state index is 10.4. The maximum atomic E-state index is 10.4. The van der Waals surface area contributed by atoms with Gasteiger partial charge in [0.25, 0.3) is 0 Å². The monoisotopic (exact) mass is 296 g/mol. The normalized spacial score (nSPS) is 20.2. The Kier molecular flexibility index (Phi) is 4.95. The van der Waals surface area contributed by atoms with Crippen molar-refractivity contribution in [2.75, 3.05) is 37.6 Å². The first kappa shape index (κ1) is 15.6. The Morgan fingerprint density at radius 1 is 1.15 bits per heavy atom. The summed E-state index contributed by atoms with van der Waals surface area (Å²) in [5.74, 6) is 0.275. The van der Waals surface area contributed by atoms with Gasteiger partial charge in [0, 0.05) is 43.4 Å². The topological polar surface area (TPSA) is 26.7 Å². The molecule has 1 aromatic rings. The predicted molar refractivity (Wildman–Crippen MR) is 85.6 cm³/mol. The van der Waals surface area contributed by atoms with E-state index < -0.39 is 5.60 Å². The van der Waals surface area contributed by atoms with E-state index in [0.717, 1.165) is 37.7 Å². The molecule has 0 saturated carbocycles. The molecule has 0 radical (unpaired) electrons. The summed E-state index contributed by atoms with van der Waals surface area (Å²) in [6.45, 7) is 10.8. The molecule has 1 N–H and O–H groups in total. The van der Waals surface area contributed by atoms with Crippen molar-refractivity contribution < 1.29 is 5.11 Å². The number of rotatable bonds is 4. The van der Waals surface area contributed by atoms with Crippen LogP contribution in [0.5, 0.6) is 0 Å². The lowest BCUT2D eigenvalue weighted by atomic mass is 9.92. The summed E-state index contributed by atoms with van der Waals surface area (Å²) in [7, 11) is 0. The Morgan fingerprint density at radius 3 is 2.20 bits per heavy atom. The summed E-state index contributed by atoms with van der Waals surface area (Å²) in [5, 5.41) is 11.2.